The number of imidazole rings is 2. The first-order chi connectivity index (χ1) is 28.1. The van der Waals surface area contributed by atoms with Gasteiger partial charge >= 0.3 is 25.5 Å². The lowest BCUT2D eigenvalue weighted by Crippen LogP contribution is -2.32. The van der Waals surface area contributed by atoms with Crippen molar-refractivity contribution in [3.8, 4) is 0 Å². The number of hydrogen-bond donors (Lipinski definition) is 3. The summed E-state index contributed by atoms with van der Waals surface area (Å²) in [7, 11) is 0. The molecular weight excluding hydrogens is 882 g/mol. The SMILES string of the molecule is CC(C)(C)C(=O)OCSP(=O)(O)OC[C@H]1OC(n2cnc3c(N)ncnc32)[C@H](OP(=O)(OC[C@@H]2C[C@@H](F)[C@H](n3cnc4c(=O)[nH]cnc43)O2)SCOC(=O)C(C)(C)C)[C@H]1F. The Labute approximate surface area is 347 Å². The van der Waals surface area contributed by atoms with Crippen LogP contribution in [0.1, 0.15) is 60.4 Å². The van der Waals surface area contributed by atoms with Crippen LogP contribution in [0.3, 0.4) is 0 Å². The van der Waals surface area contributed by atoms with Gasteiger partial charge in [0.2, 0.25) is 0 Å². The average molecular weight is 926 g/mol. The van der Waals surface area contributed by atoms with Crippen molar-refractivity contribution < 1.29 is 64.9 Å². The fourth-order valence-corrected chi connectivity index (χ4v) is 10.1. The van der Waals surface area contributed by atoms with Crippen LogP contribution in [0.5, 0.6) is 0 Å². The van der Waals surface area contributed by atoms with E-state index >= 15 is 8.78 Å². The Morgan fingerprint density at radius 1 is 0.900 bits per heavy atom. The van der Waals surface area contributed by atoms with Gasteiger partial charge in [0.25, 0.3) is 5.56 Å². The molecule has 0 radical (unpaired) electrons. The molecule has 2 saturated heterocycles. The molecule has 0 spiro atoms. The number of anilines is 1. The highest BCUT2D eigenvalue weighted by molar-refractivity contribution is 8.55. The summed E-state index contributed by atoms with van der Waals surface area (Å²) in [5.41, 5.74) is 3.73. The van der Waals surface area contributed by atoms with Gasteiger partial charge in [-0.2, -0.15) is 0 Å². The number of carbonyl (C=O) groups is 2. The number of halogens is 2. The number of H-pyrrole nitrogens is 1. The molecule has 4 aromatic heterocycles. The predicted octanol–water partition coefficient (Wildman–Crippen LogP) is 4.59. The largest absolute Gasteiger partial charge is 0.454 e. The van der Waals surface area contributed by atoms with Crippen molar-refractivity contribution in [2.24, 2.45) is 10.8 Å². The van der Waals surface area contributed by atoms with E-state index in [0.717, 1.165) is 12.7 Å². The third-order valence-electron chi connectivity index (χ3n) is 8.80. The molecule has 9 atom stereocenters. The summed E-state index contributed by atoms with van der Waals surface area (Å²) in [5.74, 6) is -2.49. The van der Waals surface area contributed by atoms with Crippen LogP contribution in [-0.2, 0) is 51.2 Å². The molecule has 6 rings (SSSR count). The topological polar surface area (TPSA) is 286 Å². The van der Waals surface area contributed by atoms with E-state index in [-0.39, 0.29) is 45.9 Å². The molecule has 0 bridgehead atoms. The van der Waals surface area contributed by atoms with E-state index in [1.54, 1.807) is 41.5 Å². The highest BCUT2D eigenvalue weighted by Gasteiger charge is 2.52. The fraction of sp³-hybridized carbons (Fsp3) is 0.625. The van der Waals surface area contributed by atoms with E-state index in [1.807, 2.05) is 0 Å². The van der Waals surface area contributed by atoms with Gasteiger partial charge in [-0.1, -0.05) is 0 Å². The van der Waals surface area contributed by atoms with Gasteiger partial charge in [-0.05, 0) is 41.5 Å². The number of rotatable bonds is 16. The van der Waals surface area contributed by atoms with Crippen LogP contribution in [0.2, 0.25) is 0 Å². The second kappa shape index (κ2) is 18.0. The highest BCUT2D eigenvalue weighted by atomic mass is 32.7. The summed E-state index contributed by atoms with van der Waals surface area (Å²) >= 11 is 0.654. The molecule has 4 aromatic rings. The van der Waals surface area contributed by atoms with Crippen molar-refractivity contribution in [3.05, 3.63) is 35.7 Å². The molecule has 2 aliphatic heterocycles. The van der Waals surface area contributed by atoms with Crippen molar-refractivity contribution in [3.63, 3.8) is 0 Å². The molecular formula is C32H43F2N9O13P2S2. The summed E-state index contributed by atoms with van der Waals surface area (Å²) in [6.45, 7) is -1.14. The number of nitrogens with one attached hydrogen (secondary N) is 1. The quantitative estimate of drug-likeness (QED) is 0.0787. The lowest BCUT2D eigenvalue weighted by molar-refractivity contribution is -0.151. The number of alkyl halides is 2. The maximum Gasteiger partial charge on any atom is 0.392 e. The number of nitrogens with zero attached hydrogens (tertiary/aromatic N) is 7. The summed E-state index contributed by atoms with van der Waals surface area (Å²) in [4.78, 5) is 70.0. The fourth-order valence-electron chi connectivity index (χ4n) is 5.67. The van der Waals surface area contributed by atoms with Crippen molar-refractivity contribution in [2.75, 3.05) is 30.8 Å². The average Bonchev–Trinajstić information content (AvgIpc) is 3.95. The zero-order valence-electron chi connectivity index (χ0n) is 32.9. The third kappa shape index (κ3) is 10.5. The molecule has 0 amide bonds. The van der Waals surface area contributed by atoms with Gasteiger partial charge in [0.05, 0.1) is 49.1 Å². The summed E-state index contributed by atoms with van der Waals surface area (Å²) in [6.07, 6.45) is -7.08. The van der Waals surface area contributed by atoms with Crippen molar-refractivity contribution >= 4 is 76.4 Å². The van der Waals surface area contributed by atoms with Gasteiger partial charge in [-0.15, -0.1) is 0 Å². The maximum atomic E-state index is 16.7. The van der Waals surface area contributed by atoms with Crippen molar-refractivity contribution in [1.29, 1.82) is 0 Å². The van der Waals surface area contributed by atoms with Crippen LogP contribution in [0.4, 0.5) is 14.6 Å². The monoisotopic (exact) mass is 925 g/mol. The van der Waals surface area contributed by atoms with Crippen molar-refractivity contribution in [2.45, 2.75) is 91.1 Å². The van der Waals surface area contributed by atoms with E-state index in [1.165, 1.54) is 21.8 Å². The highest BCUT2D eigenvalue weighted by Crippen LogP contribution is 2.64. The number of aromatic nitrogens is 8. The minimum atomic E-state index is -4.69. The first-order valence-corrected chi connectivity index (χ1v) is 24.3. The van der Waals surface area contributed by atoms with E-state index < -0.39 is 110 Å². The predicted molar refractivity (Wildman–Crippen MR) is 210 cm³/mol. The van der Waals surface area contributed by atoms with E-state index in [4.69, 9.17) is 38.3 Å². The zero-order valence-corrected chi connectivity index (χ0v) is 36.3. The van der Waals surface area contributed by atoms with Crippen LogP contribution in [-0.4, -0.2) is 112 Å². The van der Waals surface area contributed by atoms with Crippen LogP contribution in [0.25, 0.3) is 22.3 Å². The number of aromatic amines is 1. The summed E-state index contributed by atoms with van der Waals surface area (Å²) < 4.78 is 101. The Kier molecular flexibility index (Phi) is 13.8. The number of nitrogen functional groups attached to an aromatic ring is 1. The third-order valence-corrected chi connectivity index (χ3v) is 14.8. The second-order valence-corrected chi connectivity index (χ2v) is 23.3. The number of esters is 2. The van der Waals surface area contributed by atoms with Gasteiger partial charge in [0, 0.05) is 29.2 Å². The second-order valence-electron chi connectivity index (χ2n) is 15.5. The minimum Gasteiger partial charge on any atom is -0.454 e. The first-order valence-electron chi connectivity index (χ1n) is 18.0. The number of ether oxygens (including phenoxy) is 4. The molecule has 60 heavy (non-hydrogen) atoms. The minimum absolute atomic E-state index is 0.0335. The standard InChI is InChI=1S/C32H43F2N9O13P2S2/c1-31(2,3)29(45)50-14-59-57(47,48)52-9-18-19(34)22(28(55-18)43-12-40-20-23(35)36-10-37-24(20)43)56-58(49,60-15-51-30(46)32(4,5)6)53-8-16-7-17(33)27(54-16)42-13-41-21-25(42)38-11-39-26(21)44/h10-13,16-19,22,27-28H,7-9,14-15H2,1-6H3,(H,47,48)(H2,35,36,37)(H,38,39,44)/t16-,17+,18+,19-,22+,27+,28?,58?/m0/s1. The van der Waals surface area contributed by atoms with Crippen LogP contribution < -0.4 is 11.3 Å². The van der Waals surface area contributed by atoms with Gasteiger partial charge in [-0.3, -0.25) is 37.1 Å². The van der Waals surface area contributed by atoms with Crippen LogP contribution in [0.15, 0.2) is 30.1 Å². The van der Waals surface area contributed by atoms with Gasteiger partial charge < -0.3 is 34.6 Å². The molecule has 0 aromatic carbocycles. The molecule has 22 nitrogen and oxygen atoms in total. The Balaban J connectivity index is 1.23. The van der Waals surface area contributed by atoms with Crippen LogP contribution in [0, 0.1) is 10.8 Å². The number of hydrogen-bond acceptors (Lipinski definition) is 20. The number of carbonyl (C=O) groups excluding carboxylic acids is 2. The Bertz CT molecular complexity index is 2360. The number of nitrogens with two attached hydrogens (primary N) is 1. The number of fused-ring (bicyclic) bond motifs is 2. The molecule has 6 heterocycles. The van der Waals surface area contributed by atoms with Crippen LogP contribution >= 0.6 is 36.4 Å². The smallest absolute Gasteiger partial charge is 0.392 e. The van der Waals surface area contributed by atoms with E-state index in [0.29, 0.717) is 11.4 Å². The van der Waals surface area contributed by atoms with E-state index in [2.05, 4.69) is 29.9 Å². The van der Waals surface area contributed by atoms with Crippen molar-refractivity contribution in [1.82, 2.24) is 39.0 Å². The Morgan fingerprint density at radius 2 is 1.52 bits per heavy atom. The molecule has 2 fully saturated rings. The summed E-state index contributed by atoms with van der Waals surface area (Å²) in [5, 5.41) is 0. The molecule has 28 heteroatoms. The van der Waals surface area contributed by atoms with Gasteiger partial charge in [0.1, 0.15) is 42.1 Å². The lowest BCUT2D eigenvalue weighted by atomic mass is 9.98. The molecule has 3 unspecified atom stereocenters. The molecule has 0 saturated carbocycles. The zero-order chi connectivity index (χ0) is 43.8. The molecule has 330 valence electrons. The molecule has 0 aliphatic carbocycles. The summed E-state index contributed by atoms with van der Waals surface area (Å²) in [6, 6.07) is 0. The molecule has 4 N–H and O–H groups in total. The maximum absolute atomic E-state index is 16.7. The van der Waals surface area contributed by atoms with Gasteiger partial charge in [0.15, 0.2) is 41.3 Å². The van der Waals surface area contributed by atoms with E-state index in [9.17, 15) is 28.4 Å². The Hall–Kier alpha value is -3.58. The lowest BCUT2D eigenvalue weighted by Gasteiger charge is -2.27. The van der Waals surface area contributed by atoms with Gasteiger partial charge in [-0.25, -0.2) is 42.8 Å². The normalized spacial score (nSPS) is 25.6. The molecule has 2 aliphatic rings. The Morgan fingerprint density at radius 3 is 2.18 bits per heavy atom. The first kappa shape index (κ1) is 45.9.